The maximum Gasteiger partial charge on any atom is 0.260 e. The average Bonchev–Trinajstić information content (AvgIpc) is 2.61. The summed E-state index contributed by atoms with van der Waals surface area (Å²) in [6.07, 6.45) is 1.90. The lowest BCUT2D eigenvalue weighted by Crippen LogP contribution is -2.57. The third-order valence-corrected chi connectivity index (χ3v) is 4.70. The first-order valence-corrected chi connectivity index (χ1v) is 8.61. The Morgan fingerprint density at radius 2 is 2.08 bits per heavy atom. The van der Waals surface area contributed by atoms with Gasteiger partial charge in [0.15, 0.2) is 6.61 Å². The van der Waals surface area contributed by atoms with Gasteiger partial charge in [-0.2, -0.15) is 0 Å². The third-order valence-electron chi connectivity index (χ3n) is 4.70. The summed E-state index contributed by atoms with van der Waals surface area (Å²) in [5, 5.41) is 3.09. The van der Waals surface area contributed by atoms with Gasteiger partial charge in [0.25, 0.3) is 5.91 Å². The van der Waals surface area contributed by atoms with E-state index in [1.54, 1.807) is 0 Å². The van der Waals surface area contributed by atoms with Crippen LogP contribution in [0.5, 0.6) is 5.75 Å². The highest BCUT2D eigenvalue weighted by Crippen LogP contribution is 2.18. The zero-order valence-corrected chi connectivity index (χ0v) is 14.2. The van der Waals surface area contributed by atoms with Crippen LogP contribution in [-0.2, 0) is 9.59 Å². The van der Waals surface area contributed by atoms with Crippen molar-refractivity contribution in [1.82, 2.24) is 15.1 Å². The lowest BCUT2D eigenvalue weighted by atomic mass is 10.0. The van der Waals surface area contributed by atoms with Crippen LogP contribution < -0.4 is 10.1 Å². The fourth-order valence-electron chi connectivity index (χ4n) is 3.31. The van der Waals surface area contributed by atoms with Crippen LogP contribution in [-0.4, -0.2) is 67.0 Å². The predicted molar refractivity (Wildman–Crippen MR) is 90.9 cm³/mol. The number of aryl methyl sites for hydroxylation is 1. The highest BCUT2D eigenvalue weighted by Gasteiger charge is 2.31. The van der Waals surface area contributed by atoms with Crippen molar-refractivity contribution in [1.29, 1.82) is 0 Å². The van der Waals surface area contributed by atoms with E-state index in [0.717, 1.165) is 38.0 Å². The highest BCUT2D eigenvalue weighted by atomic mass is 16.5. The molecule has 2 aliphatic heterocycles. The first kappa shape index (κ1) is 16.8. The van der Waals surface area contributed by atoms with Crippen LogP contribution in [0.2, 0.25) is 0 Å². The van der Waals surface area contributed by atoms with Crippen LogP contribution in [0.4, 0.5) is 0 Å². The first-order chi connectivity index (χ1) is 11.6. The summed E-state index contributed by atoms with van der Waals surface area (Å²) in [5.41, 5.74) is 1.16. The Morgan fingerprint density at radius 3 is 2.83 bits per heavy atom. The third kappa shape index (κ3) is 4.06. The maximum atomic E-state index is 12.4. The van der Waals surface area contributed by atoms with Crippen molar-refractivity contribution in [3.8, 4) is 5.75 Å². The Labute approximate surface area is 142 Å². The summed E-state index contributed by atoms with van der Waals surface area (Å²) in [6.45, 7) is 5.37. The number of piperidine rings is 1. The van der Waals surface area contributed by atoms with E-state index in [4.69, 9.17) is 4.74 Å². The molecule has 3 rings (SSSR count). The van der Waals surface area contributed by atoms with Crippen molar-refractivity contribution in [2.24, 2.45) is 0 Å². The summed E-state index contributed by atoms with van der Waals surface area (Å²) in [7, 11) is 0. The molecule has 2 aliphatic rings. The van der Waals surface area contributed by atoms with Gasteiger partial charge in [-0.05, 0) is 31.9 Å². The number of benzene rings is 1. The Hall–Kier alpha value is -2.08. The molecular formula is C18H25N3O3. The van der Waals surface area contributed by atoms with Crippen LogP contribution in [0.25, 0.3) is 0 Å². The van der Waals surface area contributed by atoms with Gasteiger partial charge in [0, 0.05) is 32.2 Å². The molecule has 1 aromatic carbocycles. The van der Waals surface area contributed by atoms with E-state index in [9.17, 15) is 9.59 Å². The Bertz CT molecular complexity index is 588. The monoisotopic (exact) mass is 331 g/mol. The average molecular weight is 331 g/mol. The summed E-state index contributed by atoms with van der Waals surface area (Å²) in [4.78, 5) is 28.2. The van der Waals surface area contributed by atoms with Gasteiger partial charge in [-0.3, -0.25) is 9.59 Å². The Balaban J connectivity index is 1.52. The summed E-state index contributed by atoms with van der Waals surface area (Å²) >= 11 is 0. The molecule has 130 valence electrons. The molecule has 1 unspecified atom stereocenters. The minimum absolute atomic E-state index is 0.0112. The van der Waals surface area contributed by atoms with Crippen molar-refractivity contribution >= 4 is 11.8 Å². The summed E-state index contributed by atoms with van der Waals surface area (Å²) in [5.74, 6) is 0.833. The SMILES string of the molecule is Cc1ccc(OCC(=O)N2CCCC(N3CCNCC3=O)C2)cc1. The van der Waals surface area contributed by atoms with E-state index in [1.807, 2.05) is 41.0 Å². The van der Waals surface area contributed by atoms with Crippen LogP contribution in [0, 0.1) is 6.92 Å². The minimum Gasteiger partial charge on any atom is -0.484 e. The number of likely N-dealkylation sites (tertiary alicyclic amines) is 1. The molecule has 2 saturated heterocycles. The number of rotatable bonds is 4. The van der Waals surface area contributed by atoms with E-state index in [-0.39, 0.29) is 24.5 Å². The number of ether oxygens (including phenoxy) is 1. The first-order valence-electron chi connectivity index (χ1n) is 8.61. The standard InChI is InChI=1S/C18H25N3O3/c1-14-4-6-16(7-5-14)24-13-18(23)20-9-2-3-15(12-20)21-10-8-19-11-17(21)22/h4-7,15,19H,2-3,8-13H2,1H3. The second-order valence-corrected chi connectivity index (χ2v) is 6.50. The van der Waals surface area contributed by atoms with Crippen molar-refractivity contribution < 1.29 is 14.3 Å². The number of piperazine rings is 1. The van der Waals surface area contributed by atoms with Gasteiger partial charge in [-0.1, -0.05) is 17.7 Å². The molecule has 0 aliphatic carbocycles. The fraction of sp³-hybridized carbons (Fsp3) is 0.556. The van der Waals surface area contributed by atoms with E-state index >= 15 is 0 Å². The normalized spacial score (nSPS) is 21.7. The fourth-order valence-corrected chi connectivity index (χ4v) is 3.31. The quantitative estimate of drug-likeness (QED) is 0.886. The highest BCUT2D eigenvalue weighted by molar-refractivity contribution is 5.80. The van der Waals surface area contributed by atoms with E-state index < -0.39 is 0 Å². The molecule has 0 bridgehead atoms. The topological polar surface area (TPSA) is 61.9 Å². The van der Waals surface area contributed by atoms with Crippen molar-refractivity contribution in [3.63, 3.8) is 0 Å². The Morgan fingerprint density at radius 1 is 1.29 bits per heavy atom. The molecule has 1 atom stereocenters. The lowest BCUT2D eigenvalue weighted by Gasteiger charge is -2.41. The number of nitrogens with one attached hydrogen (secondary N) is 1. The second-order valence-electron chi connectivity index (χ2n) is 6.50. The summed E-state index contributed by atoms with van der Waals surface area (Å²) < 4.78 is 5.60. The van der Waals surface area contributed by atoms with E-state index in [2.05, 4.69) is 5.32 Å². The van der Waals surface area contributed by atoms with Crippen molar-refractivity contribution in [3.05, 3.63) is 29.8 Å². The van der Waals surface area contributed by atoms with Gasteiger partial charge < -0.3 is 19.9 Å². The molecule has 0 aromatic heterocycles. The van der Waals surface area contributed by atoms with Gasteiger partial charge in [-0.15, -0.1) is 0 Å². The van der Waals surface area contributed by atoms with E-state index in [0.29, 0.717) is 18.8 Å². The van der Waals surface area contributed by atoms with Crippen LogP contribution in [0.15, 0.2) is 24.3 Å². The number of carbonyl (C=O) groups excluding carboxylic acids is 2. The molecule has 1 N–H and O–H groups in total. The zero-order chi connectivity index (χ0) is 16.9. The Kier molecular flexibility index (Phi) is 5.35. The lowest BCUT2D eigenvalue weighted by molar-refractivity contribution is -0.141. The van der Waals surface area contributed by atoms with Crippen molar-refractivity contribution in [2.75, 3.05) is 39.3 Å². The molecule has 1 aromatic rings. The molecule has 24 heavy (non-hydrogen) atoms. The summed E-state index contributed by atoms with van der Waals surface area (Å²) in [6, 6.07) is 7.82. The van der Waals surface area contributed by atoms with E-state index in [1.165, 1.54) is 0 Å². The molecule has 6 nitrogen and oxygen atoms in total. The molecule has 6 heteroatoms. The van der Waals surface area contributed by atoms with Gasteiger partial charge in [0.1, 0.15) is 5.75 Å². The van der Waals surface area contributed by atoms with Crippen LogP contribution in [0.3, 0.4) is 0 Å². The number of hydrogen-bond acceptors (Lipinski definition) is 4. The molecule has 2 amide bonds. The smallest absolute Gasteiger partial charge is 0.260 e. The van der Waals surface area contributed by atoms with Gasteiger partial charge in [-0.25, -0.2) is 0 Å². The van der Waals surface area contributed by atoms with Crippen LogP contribution in [0.1, 0.15) is 18.4 Å². The van der Waals surface area contributed by atoms with Gasteiger partial charge in [0.05, 0.1) is 6.54 Å². The number of carbonyl (C=O) groups is 2. The number of nitrogens with zero attached hydrogens (tertiary/aromatic N) is 2. The largest absolute Gasteiger partial charge is 0.484 e. The molecule has 2 heterocycles. The van der Waals surface area contributed by atoms with Crippen molar-refractivity contribution in [2.45, 2.75) is 25.8 Å². The molecule has 0 radical (unpaired) electrons. The zero-order valence-electron chi connectivity index (χ0n) is 14.2. The van der Waals surface area contributed by atoms with Gasteiger partial charge >= 0.3 is 0 Å². The number of hydrogen-bond donors (Lipinski definition) is 1. The minimum atomic E-state index is -0.0112. The van der Waals surface area contributed by atoms with Gasteiger partial charge in [0.2, 0.25) is 5.91 Å². The van der Waals surface area contributed by atoms with Crippen LogP contribution >= 0.6 is 0 Å². The molecule has 0 saturated carbocycles. The second kappa shape index (κ2) is 7.66. The number of amides is 2. The predicted octanol–water partition coefficient (Wildman–Crippen LogP) is 0.797. The molecule has 2 fully saturated rings. The molecular weight excluding hydrogens is 306 g/mol. The maximum absolute atomic E-state index is 12.4. The molecule has 0 spiro atoms.